The van der Waals surface area contributed by atoms with Gasteiger partial charge in [0, 0.05) is 67.8 Å². The predicted octanol–water partition coefficient (Wildman–Crippen LogP) is 7.72. The maximum absolute atomic E-state index is 15.7. The summed E-state index contributed by atoms with van der Waals surface area (Å²) < 4.78 is 80.0. The lowest BCUT2D eigenvalue weighted by molar-refractivity contribution is -0.286. The van der Waals surface area contributed by atoms with Crippen molar-refractivity contribution < 1.29 is 61.1 Å². The van der Waals surface area contributed by atoms with E-state index in [0.29, 0.717) is 119 Å². The van der Waals surface area contributed by atoms with E-state index in [4.69, 9.17) is 18.9 Å². The van der Waals surface area contributed by atoms with Crippen LogP contribution in [0.4, 0.5) is 18.9 Å². The summed E-state index contributed by atoms with van der Waals surface area (Å²) in [6, 6.07) is 26.6. The van der Waals surface area contributed by atoms with Gasteiger partial charge in [0.25, 0.3) is 5.56 Å². The summed E-state index contributed by atoms with van der Waals surface area (Å²) in [5.74, 6) is -1.60. The molecule has 0 atom stereocenters. The lowest BCUT2D eigenvalue weighted by Gasteiger charge is -2.38. The third kappa shape index (κ3) is 13.5. The first-order valence-corrected chi connectivity index (χ1v) is 28.1. The first kappa shape index (κ1) is 59.3. The Bertz CT molecular complexity index is 3590. The molecule has 4 aromatic carbocycles. The number of rotatable bonds is 27. The molecule has 5 heterocycles. The predicted molar refractivity (Wildman–Crippen MR) is 306 cm³/mol. The molecule has 1 aliphatic carbocycles. The summed E-state index contributed by atoms with van der Waals surface area (Å²) in [4.78, 5) is 59.2. The van der Waals surface area contributed by atoms with Crippen molar-refractivity contribution in [3.63, 3.8) is 0 Å². The number of fused-ring (bicyclic) bond motifs is 3. The summed E-state index contributed by atoms with van der Waals surface area (Å²) in [5, 5.41) is 22.3. The number of nitrogens with zero attached hydrogens (tertiary/aromatic N) is 6. The van der Waals surface area contributed by atoms with E-state index in [1.165, 1.54) is 29.1 Å². The first-order chi connectivity index (χ1) is 40.3. The van der Waals surface area contributed by atoms with E-state index in [1.807, 2.05) is 79.1 Å². The van der Waals surface area contributed by atoms with Crippen LogP contribution in [-0.2, 0) is 77.3 Å². The van der Waals surface area contributed by atoms with Crippen LogP contribution in [0.25, 0.3) is 33.2 Å². The van der Waals surface area contributed by atoms with E-state index in [1.54, 1.807) is 34.8 Å². The van der Waals surface area contributed by atoms with Crippen LogP contribution in [0.5, 0.6) is 11.5 Å². The molecule has 84 heavy (non-hydrogen) atoms. The highest BCUT2D eigenvalue weighted by Gasteiger charge is 2.53. The molecule has 10 rings (SSSR count). The van der Waals surface area contributed by atoms with Gasteiger partial charge in [-0.15, -0.1) is 15.4 Å². The fourth-order valence-electron chi connectivity index (χ4n) is 10.9. The molecule has 22 heteroatoms. The number of allylic oxidation sites excluding steroid dienone is 1. The highest BCUT2D eigenvalue weighted by molar-refractivity contribution is 6.03. The number of carbonyl (C=O) groups excluding carboxylic acids is 3. The third-order valence-electron chi connectivity index (χ3n) is 15.7. The quantitative estimate of drug-likeness (QED) is 0.0333. The summed E-state index contributed by atoms with van der Waals surface area (Å²) in [7, 11) is 1.74. The number of halogens is 3. The SMILES string of the molecule is C=CCn1c(C(C)(C)COCCOCCOCCOCC(=O)NCc2ccc(-c3c4ncn(CC5(O)CCN(C(=O)CCc6ccccc6)CC5)c(=O)c4nn3C)cc2)cc2cc(NC(=O)C3(c4ccc5c(c4)OC(F)(F)O5)CC3)c(F)cc21. The van der Waals surface area contributed by atoms with Gasteiger partial charge >= 0.3 is 6.29 Å². The Morgan fingerprint density at radius 2 is 1.52 bits per heavy atom. The number of aliphatic hydroxyl groups is 1. The number of likely N-dealkylation sites (tertiary alicyclic amines) is 1. The number of alkyl halides is 2. The van der Waals surface area contributed by atoms with E-state index >= 15 is 4.39 Å². The van der Waals surface area contributed by atoms with Crippen LogP contribution in [0.1, 0.15) is 68.3 Å². The van der Waals surface area contributed by atoms with Crippen LogP contribution in [0, 0.1) is 5.82 Å². The molecule has 0 spiro atoms. The van der Waals surface area contributed by atoms with Gasteiger partial charge in [-0.25, -0.2) is 9.37 Å². The summed E-state index contributed by atoms with van der Waals surface area (Å²) in [6.45, 7) is 11.3. The number of amides is 3. The number of hydrogen-bond acceptors (Lipinski definition) is 13. The molecule has 2 fully saturated rings. The molecule has 7 aromatic rings. The topological polar surface area (TPSA) is 212 Å². The average Bonchev–Trinajstić information content (AvgIpc) is 2.27. The second kappa shape index (κ2) is 25.1. The van der Waals surface area contributed by atoms with Gasteiger partial charge in [-0.3, -0.25) is 28.4 Å². The highest BCUT2D eigenvalue weighted by Crippen LogP contribution is 2.52. The largest absolute Gasteiger partial charge is 0.586 e. The van der Waals surface area contributed by atoms with Crippen molar-refractivity contribution in [3.05, 3.63) is 149 Å². The first-order valence-electron chi connectivity index (χ1n) is 28.1. The number of aromatic nitrogens is 5. The number of carbonyl (C=O) groups is 3. The molecule has 444 valence electrons. The number of benzene rings is 4. The second-order valence-electron chi connectivity index (χ2n) is 22.3. The zero-order valence-corrected chi connectivity index (χ0v) is 47.3. The zero-order valence-electron chi connectivity index (χ0n) is 47.3. The molecule has 2 aliphatic heterocycles. The smallest absolute Gasteiger partial charge is 0.395 e. The Morgan fingerprint density at radius 1 is 0.833 bits per heavy atom. The molecule has 1 saturated carbocycles. The van der Waals surface area contributed by atoms with Crippen molar-refractivity contribution in [1.29, 1.82) is 0 Å². The minimum atomic E-state index is -3.79. The fraction of sp³-hybridized carbons (Fsp3) is 0.419. The molecule has 3 aliphatic rings. The third-order valence-corrected chi connectivity index (χ3v) is 15.7. The molecule has 3 amide bonds. The van der Waals surface area contributed by atoms with E-state index in [9.17, 15) is 33.1 Å². The van der Waals surface area contributed by atoms with E-state index in [0.717, 1.165) is 22.4 Å². The Morgan fingerprint density at radius 3 is 2.23 bits per heavy atom. The number of piperidine rings is 1. The number of nitrogens with one attached hydrogen (secondary N) is 2. The Balaban J connectivity index is 0.599. The maximum atomic E-state index is 15.7. The summed E-state index contributed by atoms with van der Waals surface area (Å²) in [6.07, 6.45) is 2.02. The fourth-order valence-corrected chi connectivity index (χ4v) is 10.9. The zero-order chi connectivity index (χ0) is 59.2. The normalized spacial score (nSPS) is 15.8. The molecular weight excluding hydrogens is 1090 g/mol. The average molecular weight is 1160 g/mol. The molecule has 0 bridgehead atoms. The van der Waals surface area contributed by atoms with Crippen LogP contribution in [-0.4, -0.2) is 129 Å². The Hall–Kier alpha value is -7.89. The molecule has 19 nitrogen and oxygen atoms in total. The van der Waals surface area contributed by atoms with Crippen molar-refractivity contribution in [2.24, 2.45) is 7.05 Å². The van der Waals surface area contributed by atoms with Crippen LogP contribution >= 0.6 is 0 Å². The van der Waals surface area contributed by atoms with E-state index in [-0.39, 0.29) is 73.0 Å². The number of hydrogen-bond donors (Lipinski definition) is 3. The molecule has 1 saturated heterocycles. The van der Waals surface area contributed by atoms with Crippen LogP contribution < -0.4 is 25.7 Å². The van der Waals surface area contributed by atoms with Crippen LogP contribution in [0.3, 0.4) is 0 Å². The van der Waals surface area contributed by atoms with Gasteiger partial charge in [-0.2, -0.15) is 5.10 Å². The minimum absolute atomic E-state index is 0.00152. The van der Waals surface area contributed by atoms with Gasteiger partial charge in [-0.05, 0) is 73.1 Å². The van der Waals surface area contributed by atoms with Crippen LogP contribution in [0.15, 0.2) is 115 Å². The van der Waals surface area contributed by atoms with E-state index in [2.05, 4.69) is 36.8 Å². The van der Waals surface area contributed by atoms with Gasteiger partial charge in [-0.1, -0.05) is 80.6 Å². The number of ether oxygens (including phenoxy) is 6. The second-order valence-corrected chi connectivity index (χ2v) is 22.3. The number of aryl methyl sites for hydroxylation is 2. The Labute approximate surface area is 483 Å². The van der Waals surface area contributed by atoms with Crippen molar-refractivity contribution in [2.75, 3.05) is 71.3 Å². The molecule has 3 aromatic heterocycles. The van der Waals surface area contributed by atoms with Gasteiger partial charge in [0.05, 0.1) is 87.0 Å². The lowest BCUT2D eigenvalue weighted by atomic mass is 9.90. The van der Waals surface area contributed by atoms with Gasteiger partial charge in [0.2, 0.25) is 17.7 Å². The van der Waals surface area contributed by atoms with Crippen molar-refractivity contribution in [2.45, 2.75) is 94.7 Å². The van der Waals surface area contributed by atoms with E-state index < -0.39 is 34.5 Å². The van der Waals surface area contributed by atoms with Crippen molar-refractivity contribution in [1.82, 2.24) is 34.1 Å². The van der Waals surface area contributed by atoms with Gasteiger partial charge < -0.3 is 53.6 Å². The van der Waals surface area contributed by atoms with Crippen LogP contribution in [0.2, 0.25) is 0 Å². The van der Waals surface area contributed by atoms with Gasteiger partial charge in [0.1, 0.15) is 17.9 Å². The standard InChI is InChI=1S/C62H69F3N8O11/c1-5-23-73-48-35-46(63)47(68-58(77)61(19-20-61)45-16-17-49-50(34-45)84-62(64,65)83-49)32-44(48)33-51(73)59(2,3)39-82-31-29-80-27-26-79-28-30-81-37-52(74)66-36-42-11-14-43(15-12-42)56-54-55(69-70(56)4)57(76)72(40-67-54)38-60(78)21-24-71(25-22-60)53(75)18-13-41-9-7-6-8-10-41/h5-12,14-17,32-35,40,78H,1,13,18-31,36-39H2,2-4H3,(H,66,74)(H,68,77). The van der Waals surface area contributed by atoms with Crippen molar-refractivity contribution >= 4 is 45.3 Å². The molecule has 3 N–H and O–H groups in total. The maximum Gasteiger partial charge on any atom is 0.586 e. The van der Waals surface area contributed by atoms with Gasteiger partial charge in [0.15, 0.2) is 17.0 Å². The molecule has 0 radical (unpaired) electrons. The van der Waals surface area contributed by atoms with Crippen molar-refractivity contribution in [3.8, 4) is 22.8 Å². The Kier molecular flexibility index (Phi) is 17.7. The highest BCUT2D eigenvalue weighted by atomic mass is 19.3. The number of anilines is 1. The minimum Gasteiger partial charge on any atom is -0.395 e. The lowest BCUT2D eigenvalue weighted by Crippen LogP contribution is -2.49. The monoisotopic (exact) mass is 1160 g/mol. The molecular formula is C62H69F3N8O11. The summed E-state index contributed by atoms with van der Waals surface area (Å²) >= 11 is 0. The summed E-state index contributed by atoms with van der Waals surface area (Å²) in [5.41, 5.74) is 2.87. The molecule has 0 unspecified atom stereocenters.